The molecule has 0 unspecified atom stereocenters. The van der Waals surface area contributed by atoms with E-state index in [-0.39, 0.29) is 5.92 Å². The van der Waals surface area contributed by atoms with Gasteiger partial charge in [0, 0.05) is 32.2 Å². The Bertz CT molecular complexity index is 478. The highest BCUT2D eigenvalue weighted by atomic mass is 16.5. The molecule has 2 heterocycles. The summed E-state index contributed by atoms with van der Waals surface area (Å²) >= 11 is 0. The summed E-state index contributed by atoms with van der Waals surface area (Å²) in [7, 11) is 1.67. The molecule has 1 aliphatic carbocycles. The maximum Gasteiger partial charge on any atom is 0.132 e. The number of piperidine rings is 1. The summed E-state index contributed by atoms with van der Waals surface area (Å²) < 4.78 is 5.12. The maximum atomic E-state index is 10.8. The van der Waals surface area contributed by atoms with Crippen molar-refractivity contribution in [3.63, 3.8) is 0 Å². The highest BCUT2D eigenvalue weighted by Crippen LogP contribution is 2.47. The number of ether oxygens (including phenoxy) is 1. The molecule has 0 bridgehead atoms. The SMILES string of the molecule is COCc1cc(N2CC[C@](O)(C3CC3)[C@@H](C)C2)ncn1. The standard InChI is InChI=1S/C15H23N3O2/c1-11-8-18(6-5-15(11,19)12-3-4-12)14-7-13(9-20-2)16-10-17-14/h7,10-12,19H,3-6,8-9H2,1-2H3/t11-,15+/m0/s1. The van der Waals surface area contributed by atoms with E-state index in [1.807, 2.05) is 6.07 Å². The Balaban J connectivity index is 1.71. The van der Waals surface area contributed by atoms with Crippen molar-refractivity contribution in [3.8, 4) is 0 Å². The Hall–Kier alpha value is -1.20. The van der Waals surface area contributed by atoms with Gasteiger partial charge < -0.3 is 14.7 Å². The van der Waals surface area contributed by atoms with Gasteiger partial charge in [-0.25, -0.2) is 9.97 Å². The molecule has 20 heavy (non-hydrogen) atoms. The number of nitrogens with zero attached hydrogens (tertiary/aromatic N) is 3. The first kappa shape index (κ1) is 13.8. The van der Waals surface area contributed by atoms with Crippen molar-refractivity contribution in [2.24, 2.45) is 11.8 Å². The lowest BCUT2D eigenvalue weighted by molar-refractivity contribution is -0.0470. The number of methoxy groups -OCH3 is 1. The van der Waals surface area contributed by atoms with Gasteiger partial charge in [-0.1, -0.05) is 6.92 Å². The van der Waals surface area contributed by atoms with Crippen LogP contribution in [0.4, 0.5) is 5.82 Å². The molecule has 0 radical (unpaired) electrons. The summed E-state index contributed by atoms with van der Waals surface area (Å²) in [5.74, 6) is 1.75. The van der Waals surface area contributed by atoms with Crippen molar-refractivity contribution in [2.75, 3.05) is 25.1 Å². The first-order chi connectivity index (χ1) is 9.63. The van der Waals surface area contributed by atoms with Gasteiger partial charge in [0.05, 0.1) is 17.9 Å². The van der Waals surface area contributed by atoms with Crippen molar-refractivity contribution in [3.05, 3.63) is 18.1 Å². The predicted octanol–water partition coefficient (Wildman–Crippen LogP) is 1.61. The molecular weight excluding hydrogens is 254 g/mol. The number of rotatable bonds is 4. The Labute approximate surface area is 120 Å². The Morgan fingerprint density at radius 1 is 1.45 bits per heavy atom. The van der Waals surface area contributed by atoms with E-state index >= 15 is 0 Å². The second kappa shape index (κ2) is 5.30. The van der Waals surface area contributed by atoms with Crippen molar-refractivity contribution >= 4 is 5.82 Å². The predicted molar refractivity (Wildman–Crippen MR) is 76.4 cm³/mol. The quantitative estimate of drug-likeness (QED) is 0.906. The number of aromatic nitrogens is 2. The van der Waals surface area contributed by atoms with Gasteiger partial charge in [-0.3, -0.25) is 0 Å². The molecule has 3 rings (SSSR count). The summed E-state index contributed by atoms with van der Waals surface area (Å²) in [4.78, 5) is 10.8. The molecule has 1 N–H and O–H groups in total. The van der Waals surface area contributed by atoms with Gasteiger partial charge in [0.1, 0.15) is 12.1 Å². The lowest BCUT2D eigenvalue weighted by Crippen LogP contribution is -2.52. The molecule has 5 heteroatoms. The monoisotopic (exact) mass is 277 g/mol. The third-order valence-corrected chi connectivity index (χ3v) is 4.74. The minimum atomic E-state index is -0.459. The van der Waals surface area contributed by atoms with Crippen LogP contribution >= 0.6 is 0 Å². The molecule has 0 aromatic carbocycles. The molecule has 2 atom stereocenters. The average molecular weight is 277 g/mol. The van der Waals surface area contributed by atoms with Crippen molar-refractivity contribution in [1.29, 1.82) is 0 Å². The largest absolute Gasteiger partial charge is 0.389 e. The zero-order chi connectivity index (χ0) is 14.2. The first-order valence-corrected chi connectivity index (χ1v) is 7.40. The van der Waals surface area contributed by atoms with Gasteiger partial charge in [0.15, 0.2) is 0 Å². The van der Waals surface area contributed by atoms with E-state index in [0.717, 1.165) is 31.0 Å². The number of aliphatic hydroxyl groups is 1. The van der Waals surface area contributed by atoms with Crippen LogP contribution in [0.25, 0.3) is 0 Å². The molecule has 1 saturated carbocycles. The molecular formula is C15H23N3O2. The van der Waals surface area contributed by atoms with E-state index in [4.69, 9.17) is 4.74 Å². The zero-order valence-corrected chi connectivity index (χ0v) is 12.2. The van der Waals surface area contributed by atoms with E-state index in [0.29, 0.717) is 12.5 Å². The van der Waals surface area contributed by atoms with E-state index in [1.165, 1.54) is 12.8 Å². The van der Waals surface area contributed by atoms with E-state index in [1.54, 1.807) is 13.4 Å². The van der Waals surface area contributed by atoms with Crippen LogP contribution in [0, 0.1) is 11.8 Å². The lowest BCUT2D eigenvalue weighted by atomic mass is 9.78. The van der Waals surface area contributed by atoms with Crippen LogP contribution in [0.15, 0.2) is 12.4 Å². The van der Waals surface area contributed by atoms with Gasteiger partial charge in [0.25, 0.3) is 0 Å². The van der Waals surface area contributed by atoms with Crippen LogP contribution in [-0.4, -0.2) is 40.9 Å². The fraction of sp³-hybridized carbons (Fsp3) is 0.733. The highest BCUT2D eigenvalue weighted by molar-refractivity contribution is 5.40. The Morgan fingerprint density at radius 2 is 2.25 bits per heavy atom. The molecule has 1 aliphatic heterocycles. The van der Waals surface area contributed by atoms with Crippen LogP contribution < -0.4 is 4.90 Å². The van der Waals surface area contributed by atoms with Gasteiger partial charge in [0.2, 0.25) is 0 Å². The normalized spacial score (nSPS) is 30.6. The van der Waals surface area contributed by atoms with Gasteiger partial charge in [-0.05, 0) is 25.2 Å². The first-order valence-electron chi connectivity index (χ1n) is 7.40. The fourth-order valence-electron chi connectivity index (χ4n) is 3.32. The summed E-state index contributed by atoms with van der Waals surface area (Å²) in [6.45, 7) is 4.38. The number of hydrogen-bond donors (Lipinski definition) is 1. The van der Waals surface area contributed by atoms with Crippen molar-refractivity contribution in [1.82, 2.24) is 9.97 Å². The molecule has 1 saturated heterocycles. The minimum absolute atomic E-state index is 0.282. The Kier molecular flexibility index (Phi) is 3.65. The van der Waals surface area contributed by atoms with E-state index in [9.17, 15) is 5.11 Å². The summed E-state index contributed by atoms with van der Waals surface area (Å²) in [6, 6.07) is 1.98. The van der Waals surface area contributed by atoms with Crippen LogP contribution in [0.3, 0.4) is 0 Å². The third-order valence-electron chi connectivity index (χ3n) is 4.74. The molecule has 1 aromatic rings. The Morgan fingerprint density at radius 3 is 2.90 bits per heavy atom. The van der Waals surface area contributed by atoms with Gasteiger partial charge in [-0.2, -0.15) is 0 Å². The smallest absolute Gasteiger partial charge is 0.132 e. The third kappa shape index (κ3) is 2.52. The molecule has 5 nitrogen and oxygen atoms in total. The second-order valence-electron chi connectivity index (χ2n) is 6.16. The van der Waals surface area contributed by atoms with Crippen LogP contribution in [-0.2, 0) is 11.3 Å². The minimum Gasteiger partial charge on any atom is -0.389 e. The van der Waals surface area contributed by atoms with E-state index < -0.39 is 5.60 Å². The zero-order valence-electron chi connectivity index (χ0n) is 12.2. The number of hydrogen-bond acceptors (Lipinski definition) is 5. The summed E-state index contributed by atoms with van der Waals surface area (Å²) in [5, 5.41) is 10.8. The molecule has 0 spiro atoms. The van der Waals surface area contributed by atoms with Crippen molar-refractivity contribution in [2.45, 2.75) is 38.4 Å². The fourth-order valence-corrected chi connectivity index (χ4v) is 3.32. The topological polar surface area (TPSA) is 58.5 Å². The van der Waals surface area contributed by atoms with Crippen LogP contribution in [0.2, 0.25) is 0 Å². The van der Waals surface area contributed by atoms with Gasteiger partial charge >= 0.3 is 0 Å². The average Bonchev–Trinajstić information content (AvgIpc) is 3.27. The molecule has 2 fully saturated rings. The summed E-state index contributed by atoms with van der Waals surface area (Å²) in [6.07, 6.45) is 4.80. The molecule has 0 amide bonds. The molecule has 2 aliphatic rings. The maximum absolute atomic E-state index is 10.8. The second-order valence-corrected chi connectivity index (χ2v) is 6.16. The van der Waals surface area contributed by atoms with Crippen LogP contribution in [0.1, 0.15) is 31.9 Å². The summed E-state index contributed by atoms with van der Waals surface area (Å²) in [5.41, 5.74) is 0.437. The lowest BCUT2D eigenvalue weighted by Gasteiger charge is -2.44. The van der Waals surface area contributed by atoms with E-state index in [2.05, 4.69) is 21.8 Å². The highest BCUT2D eigenvalue weighted by Gasteiger charge is 2.49. The van der Waals surface area contributed by atoms with Gasteiger partial charge in [-0.15, -0.1) is 0 Å². The van der Waals surface area contributed by atoms with Crippen molar-refractivity contribution < 1.29 is 9.84 Å². The molecule has 110 valence electrons. The number of anilines is 1. The molecule has 1 aromatic heterocycles. The van der Waals surface area contributed by atoms with Crippen LogP contribution in [0.5, 0.6) is 0 Å².